The van der Waals surface area contributed by atoms with E-state index in [0.29, 0.717) is 17.7 Å². The van der Waals surface area contributed by atoms with Gasteiger partial charge in [0.05, 0.1) is 6.61 Å². The minimum Gasteiger partial charge on any atom is -0.477 e. The predicted octanol–water partition coefficient (Wildman–Crippen LogP) is 3.07. The zero-order valence-electron chi connectivity index (χ0n) is 14.8. The largest absolute Gasteiger partial charge is 0.477 e. The van der Waals surface area contributed by atoms with Gasteiger partial charge in [-0.1, -0.05) is 12.1 Å². The summed E-state index contributed by atoms with van der Waals surface area (Å²) in [5.41, 5.74) is 1.78. The van der Waals surface area contributed by atoms with E-state index in [1.165, 1.54) is 0 Å². The first-order valence-corrected chi connectivity index (χ1v) is 8.82. The number of likely N-dealkylation sites (tertiary alicyclic amines) is 1. The maximum atomic E-state index is 12.3. The van der Waals surface area contributed by atoms with Gasteiger partial charge >= 0.3 is 5.97 Å². The molecule has 1 aliphatic heterocycles. The van der Waals surface area contributed by atoms with Crippen LogP contribution in [0.15, 0.2) is 42.6 Å². The van der Waals surface area contributed by atoms with Crippen molar-refractivity contribution in [1.29, 1.82) is 0 Å². The smallest absolute Gasteiger partial charge is 0.343 e. The van der Waals surface area contributed by atoms with Crippen molar-refractivity contribution in [3.8, 4) is 5.88 Å². The Labute approximate surface area is 152 Å². The molecule has 26 heavy (non-hydrogen) atoms. The molecule has 1 saturated heterocycles. The number of aromatic nitrogens is 1. The van der Waals surface area contributed by atoms with Crippen LogP contribution in [0.5, 0.6) is 5.88 Å². The summed E-state index contributed by atoms with van der Waals surface area (Å²) in [6.45, 7) is 4.02. The fourth-order valence-electron chi connectivity index (χ4n) is 2.87. The lowest BCUT2D eigenvalue weighted by Crippen LogP contribution is -2.27. The van der Waals surface area contributed by atoms with E-state index in [4.69, 9.17) is 9.47 Å². The number of benzene rings is 1. The van der Waals surface area contributed by atoms with Crippen molar-refractivity contribution in [1.82, 2.24) is 9.88 Å². The average Bonchev–Trinajstić information content (AvgIpc) is 3.21. The van der Waals surface area contributed by atoms with E-state index in [0.717, 1.165) is 31.5 Å². The number of esters is 1. The molecule has 0 aliphatic carbocycles. The predicted molar refractivity (Wildman–Crippen MR) is 96.1 cm³/mol. The molecule has 1 aromatic heterocycles. The van der Waals surface area contributed by atoms with E-state index in [1.54, 1.807) is 30.5 Å². The molecular formula is C20H22N2O4. The van der Waals surface area contributed by atoms with Crippen LogP contribution in [-0.2, 0) is 11.3 Å². The summed E-state index contributed by atoms with van der Waals surface area (Å²) >= 11 is 0. The van der Waals surface area contributed by atoms with E-state index in [9.17, 15) is 9.59 Å². The number of hydrogen-bond donors (Lipinski definition) is 0. The van der Waals surface area contributed by atoms with E-state index in [2.05, 4.69) is 4.98 Å². The summed E-state index contributed by atoms with van der Waals surface area (Å²) in [7, 11) is 0. The molecule has 0 unspecified atom stereocenters. The van der Waals surface area contributed by atoms with Crippen LogP contribution in [0.2, 0.25) is 0 Å². The van der Waals surface area contributed by atoms with Gasteiger partial charge in [0.2, 0.25) is 5.88 Å². The Hall–Kier alpha value is -2.89. The quantitative estimate of drug-likeness (QED) is 0.746. The van der Waals surface area contributed by atoms with Crippen LogP contribution in [-0.4, -0.2) is 41.5 Å². The van der Waals surface area contributed by atoms with Crippen molar-refractivity contribution < 1.29 is 19.1 Å². The Balaban J connectivity index is 1.59. The van der Waals surface area contributed by atoms with Crippen molar-refractivity contribution in [2.24, 2.45) is 0 Å². The normalized spacial score (nSPS) is 13.5. The Morgan fingerprint density at radius 3 is 2.54 bits per heavy atom. The highest BCUT2D eigenvalue weighted by atomic mass is 16.5. The molecule has 0 radical (unpaired) electrons. The molecule has 2 aromatic rings. The molecule has 3 rings (SSSR count). The summed E-state index contributed by atoms with van der Waals surface area (Å²) in [4.78, 5) is 30.5. The van der Waals surface area contributed by atoms with Gasteiger partial charge in [0, 0.05) is 24.8 Å². The van der Waals surface area contributed by atoms with Crippen molar-refractivity contribution in [2.75, 3.05) is 19.7 Å². The molecule has 1 aliphatic rings. The minimum absolute atomic E-state index is 0.0581. The first-order chi connectivity index (χ1) is 12.7. The monoisotopic (exact) mass is 354 g/mol. The van der Waals surface area contributed by atoms with Crippen LogP contribution in [0, 0.1) is 0 Å². The molecular weight excluding hydrogens is 332 g/mol. The number of carbonyl (C=O) groups excluding carboxylic acids is 2. The minimum atomic E-state index is -0.487. The highest BCUT2D eigenvalue weighted by molar-refractivity contribution is 5.94. The lowest BCUT2D eigenvalue weighted by atomic mass is 10.1. The summed E-state index contributed by atoms with van der Waals surface area (Å²) in [6.07, 6.45) is 3.70. The SMILES string of the molecule is CCOc1ncccc1C(=O)OCc1ccc(C(=O)N2CCCC2)cc1. The number of amides is 1. The summed E-state index contributed by atoms with van der Waals surface area (Å²) < 4.78 is 10.7. The zero-order chi connectivity index (χ0) is 18.4. The number of pyridine rings is 1. The van der Waals surface area contributed by atoms with E-state index in [-0.39, 0.29) is 18.4 Å². The number of nitrogens with zero attached hydrogens (tertiary/aromatic N) is 2. The Morgan fingerprint density at radius 1 is 1.12 bits per heavy atom. The number of rotatable bonds is 6. The lowest BCUT2D eigenvalue weighted by Gasteiger charge is -2.15. The Kier molecular flexibility index (Phi) is 5.84. The maximum Gasteiger partial charge on any atom is 0.343 e. The van der Waals surface area contributed by atoms with Crippen molar-refractivity contribution in [3.63, 3.8) is 0 Å². The maximum absolute atomic E-state index is 12.3. The summed E-state index contributed by atoms with van der Waals surface area (Å²) in [6, 6.07) is 10.5. The zero-order valence-corrected chi connectivity index (χ0v) is 14.8. The van der Waals surface area contributed by atoms with Gasteiger partial charge in [-0.15, -0.1) is 0 Å². The second-order valence-electron chi connectivity index (χ2n) is 6.06. The molecule has 136 valence electrons. The van der Waals surface area contributed by atoms with Gasteiger partial charge in [0.25, 0.3) is 5.91 Å². The second-order valence-corrected chi connectivity index (χ2v) is 6.06. The van der Waals surface area contributed by atoms with Crippen LogP contribution in [0.1, 0.15) is 46.0 Å². The second kappa shape index (κ2) is 8.47. The van der Waals surface area contributed by atoms with Gasteiger partial charge in [-0.25, -0.2) is 9.78 Å². The highest BCUT2D eigenvalue weighted by Crippen LogP contribution is 2.17. The first kappa shape index (κ1) is 17.9. The Bertz CT molecular complexity index is 768. The number of carbonyl (C=O) groups is 2. The van der Waals surface area contributed by atoms with Crippen LogP contribution >= 0.6 is 0 Å². The van der Waals surface area contributed by atoms with Crippen LogP contribution in [0.25, 0.3) is 0 Å². The third-order valence-corrected chi connectivity index (χ3v) is 4.24. The fraction of sp³-hybridized carbons (Fsp3) is 0.350. The molecule has 0 N–H and O–H groups in total. The van der Waals surface area contributed by atoms with Gasteiger partial charge in [-0.3, -0.25) is 4.79 Å². The first-order valence-electron chi connectivity index (χ1n) is 8.82. The summed E-state index contributed by atoms with van der Waals surface area (Å²) in [5, 5.41) is 0. The van der Waals surface area contributed by atoms with Crippen LogP contribution < -0.4 is 4.74 Å². The van der Waals surface area contributed by atoms with Crippen molar-refractivity contribution in [3.05, 3.63) is 59.3 Å². The molecule has 2 heterocycles. The van der Waals surface area contributed by atoms with Crippen LogP contribution in [0.4, 0.5) is 0 Å². The van der Waals surface area contributed by atoms with Gasteiger partial charge < -0.3 is 14.4 Å². The summed E-state index contributed by atoms with van der Waals surface area (Å²) in [5.74, 6) is -0.159. The van der Waals surface area contributed by atoms with Crippen molar-refractivity contribution >= 4 is 11.9 Å². The number of hydrogen-bond acceptors (Lipinski definition) is 5. The van der Waals surface area contributed by atoms with Gasteiger partial charge in [-0.05, 0) is 49.6 Å². The number of ether oxygens (including phenoxy) is 2. The van der Waals surface area contributed by atoms with Crippen LogP contribution in [0.3, 0.4) is 0 Å². The Morgan fingerprint density at radius 2 is 1.85 bits per heavy atom. The molecule has 6 nitrogen and oxygen atoms in total. The van der Waals surface area contributed by atoms with Gasteiger partial charge in [0.15, 0.2) is 0 Å². The fourth-order valence-corrected chi connectivity index (χ4v) is 2.87. The molecule has 1 fully saturated rings. The lowest BCUT2D eigenvalue weighted by molar-refractivity contribution is 0.0467. The third kappa shape index (κ3) is 4.20. The molecule has 0 saturated carbocycles. The van der Waals surface area contributed by atoms with E-state index in [1.807, 2.05) is 24.0 Å². The molecule has 1 amide bonds. The molecule has 0 spiro atoms. The topological polar surface area (TPSA) is 68.7 Å². The van der Waals surface area contributed by atoms with Gasteiger partial charge in [-0.2, -0.15) is 0 Å². The highest BCUT2D eigenvalue weighted by Gasteiger charge is 2.19. The molecule has 0 atom stereocenters. The average molecular weight is 354 g/mol. The third-order valence-electron chi connectivity index (χ3n) is 4.24. The van der Waals surface area contributed by atoms with E-state index < -0.39 is 5.97 Å². The van der Waals surface area contributed by atoms with Crippen molar-refractivity contribution in [2.45, 2.75) is 26.4 Å². The van der Waals surface area contributed by atoms with Gasteiger partial charge in [0.1, 0.15) is 12.2 Å². The molecule has 6 heteroatoms. The molecule has 0 bridgehead atoms. The van der Waals surface area contributed by atoms with E-state index >= 15 is 0 Å². The standard InChI is InChI=1S/C20H22N2O4/c1-2-25-18-17(6-5-11-21-18)20(24)26-14-15-7-9-16(10-8-15)19(23)22-12-3-4-13-22/h5-11H,2-4,12-14H2,1H3. The molecule has 1 aromatic carbocycles.